The fourth-order valence-corrected chi connectivity index (χ4v) is 1.24. The Morgan fingerprint density at radius 1 is 1.46 bits per heavy atom. The molecule has 1 heterocycles. The summed E-state index contributed by atoms with van der Waals surface area (Å²) in [5.74, 6) is -0.395. The van der Waals surface area contributed by atoms with Gasteiger partial charge < -0.3 is 0 Å². The first-order valence-electron chi connectivity index (χ1n) is 4.28. The van der Waals surface area contributed by atoms with Crippen molar-refractivity contribution in [3.8, 4) is 0 Å². The van der Waals surface area contributed by atoms with E-state index in [2.05, 4.69) is 0 Å². The third-order valence-corrected chi connectivity index (χ3v) is 1.80. The molecule has 0 fully saturated rings. The number of hydrogen-bond donors (Lipinski definition) is 0. The Labute approximate surface area is 77.7 Å². The monoisotopic (exact) mass is 179 g/mol. The number of amides is 2. The highest BCUT2D eigenvalue weighted by atomic mass is 16.2. The SMILES string of the molecule is CCN1C(=O)C=C(C=C(C)C)C1=O. The zero-order chi connectivity index (χ0) is 10.0. The zero-order valence-electron chi connectivity index (χ0n) is 8.13. The van der Waals surface area contributed by atoms with Gasteiger partial charge in [0.15, 0.2) is 0 Å². The van der Waals surface area contributed by atoms with Crippen molar-refractivity contribution in [3.05, 3.63) is 23.3 Å². The maximum absolute atomic E-state index is 11.5. The van der Waals surface area contributed by atoms with Crippen LogP contribution in [-0.2, 0) is 9.59 Å². The second-order valence-corrected chi connectivity index (χ2v) is 3.21. The zero-order valence-corrected chi connectivity index (χ0v) is 8.13. The predicted octanol–water partition coefficient (Wildman–Crippen LogP) is 1.27. The summed E-state index contributed by atoms with van der Waals surface area (Å²) < 4.78 is 0. The normalized spacial score (nSPS) is 16.2. The number of nitrogens with zero attached hydrogens (tertiary/aromatic N) is 1. The van der Waals surface area contributed by atoms with Gasteiger partial charge in [-0.05, 0) is 20.8 Å². The summed E-state index contributed by atoms with van der Waals surface area (Å²) in [7, 11) is 0. The molecule has 70 valence electrons. The second-order valence-electron chi connectivity index (χ2n) is 3.21. The van der Waals surface area contributed by atoms with Crippen LogP contribution in [0.2, 0.25) is 0 Å². The van der Waals surface area contributed by atoms with Crippen molar-refractivity contribution in [1.29, 1.82) is 0 Å². The van der Waals surface area contributed by atoms with E-state index in [0.29, 0.717) is 12.1 Å². The van der Waals surface area contributed by atoms with Crippen LogP contribution in [0.5, 0.6) is 0 Å². The summed E-state index contributed by atoms with van der Waals surface area (Å²) in [6.07, 6.45) is 3.12. The Morgan fingerprint density at radius 2 is 2.08 bits per heavy atom. The van der Waals surface area contributed by atoms with Gasteiger partial charge in [-0.2, -0.15) is 0 Å². The lowest BCUT2D eigenvalue weighted by Crippen LogP contribution is -2.30. The van der Waals surface area contributed by atoms with Gasteiger partial charge >= 0.3 is 0 Å². The highest BCUT2D eigenvalue weighted by Gasteiger charge is 2.27. The Bertz CT molecular complexity index is 309. The number of likely N-dealkylation sites (N-methyl/N-ethyl adjacent to an activating group) is 1. The highest BCUT2D eigenvalue weighted by molar-refractivity contribution is 6.17. The molecule has 0 aromatic heterocycles. The summed E-state index contributed by atoms with van der Waals surface area (Å²) in [6, 6.07) is 0. The van der Waals surface area contributed by atoms with Gasteiger partial charge in [0.1, 0.15) is 0 Å². The summed E-state index contributed by atoms with van der Waals surface area (Å²) in [4.78, 5) is 23.9. The first-order valence-corrected chi connectivity index (χ1v) is 4.28. The van der Waals surface area contributed by atoms with Gasteiger partial charge in [0.05, 0.1) is 0 Å². The molecule has 0 aromatic rings. The minimum Gasteiger partial charge on any atom is -0.275 e. The van der Waals surface area contributed by atoms with Crippen LogP contribution >= 0.6 is 0 Å². The molecule has 0 spiro atoms. The molecule has 0 atom stereocenters. The molecule has 1 aliphatic rings. The van der Waals surface area contributed by atoms with Crippen molar-refractivity contribution < 1.29 is 9.59 Å². The lowest BCUT2D eigenvalue weighted by atomic mass is 10.2. The average Bonchev–Trinajstić information content (AvgIpc) is 2.26. The Balaban J connectivity index is 2.93. The van der Waals surface area contributed by atoms with E-state index in [4.69, 9.17) is 0 Å². The molecule has 3 nitrogen and oxygen atoms in total. The van der Waals surface area contributed by atoms with E-state index in [9.17, 15) is 9.59 Å². The topological polar surface area (TPSA) is 37.4 Å². The van der Waals surface area contributed by atoms with Crippen LogP contribution in [-0.4, -0.2) is 23.3 Å². The molecule has 0 radical (unpaired) electrons. The van der Waals surface area contributed by atoms with Crippen LogP contribution in [0.4, 0.5) is 0 Å². The first kappa shape index (κ1) is 9.71. The lowest BCUT2D eigenvalue weighted by Gasteiger charge is -2.09. The minimum atomic E-state index is -0.208. The predicted molar refractivity (Wildman–Crippen MR) is 49.9 cm³/mol. The summed E-state index contributed by atoms with van der Waals surface area (Å²) in [6.45, 7) is 6.02. The quantitative estimate of drug-likeness (QED) is 0.598. The third-order valence-electron chi connectivity index (χ3n) is 1.80. The van der Waals surface area contributed by atoms with Crippen molar-refractivity contribution in [1.82, 2.24) is 4.90 Å². The lowest BCUT2D eigenvalue weighted by molar-refractivity contribution is -0.136. The molecule has 0 bridgehead atoms. The molecular formula is C10H13NO2. The number of carbonyl (C=O) groups excluding carboxylic acids is 2. The van der Waals surface area contributed by atoms with E-state index in [0.717, 1.165) is 5.57 Å². The Kier molecular flexibility index (Phi) is 2.66. The van der Waals surface area contributed by atoms with Crippen molar-refractivity contribution in [3.63, 3.8) is 0 Å². The number of carbonyl (C=O) groups is 2. The molecular weight excluding hydrogens is 166 g/mol. The van der Waals surface area contributed by atoms with E-state index in [-0.39, 0.29) is 11.8 Å². The molecule has 3 heteroatoms. The second kappa shape index (κ2) is 3.56. The molecule has 1 rings (SSSR count). The molecule has 0 saturated heterocycles. The number of imide groups is 1. The van der Waals surface area contributed by atoms with Gasteiger partial charge in [-0.1, -0.05) is 11.6 Å². The standard InChI is InChI=1S/C10H13NO2/c1-4-11-9(12)6-8(10(11)13)5-7(2)3/h5-6H,4H2,1-3H3. The van der Waals surface area contributed by atoms with Gasteiger partial charge in [0.25, 0.3) is 11.8 Å². The van der Waals surface area contributed by atoms with Crippen LogP contribution in [0, 0.1) is 0 Å². The van der Waals surface area contributed by atoms with Crippen molar-refractivity contribution in [2.75, 3.05) is 6.54 Å². The largest absolute Gasteiger partial charge is 0.275 e. The van der Waals surface area contributed by atoms with E-state index in [1.165, 1.54) is 11.0 Å². The fraction of sp³-hybridized carbons (Fsp3) is 0.400. The van der Waals surface area contributed by atoms with Crippen molar-refractivity contribution in [2.24, 2.45) is 0 Å². The van der Waals surface area contributed by atoms with Gasteiger partial charge in [0, 0.05) is 18.2 Å². The van der Waals surface area contributed by atoms with E-state index in [1.54, 1.807) is 13.0 Å². The maximum atomic E-state index is 11.5. The Hall–Kier alpha value is -1.38. The van der Waals surface area contributed by atoms with Crippen molar-refractivity contribution >= 4 is 11.8 Å². The first-order chi connectivity index (χ1) is 6.06. The average molecular weight is 179 g/mol. The third kappa shape index (κ3) is 1.86. The fourth-order valence-electron chi connectivity index (χ4n) is 1.24. The summed E-state index contributed by atoms with van der Waals surface area (Å²) in [5.41, 5.74) is 1.51. The molecule has 1 aliphatic heterocycles. The minimum absolute atomic E-state index is 0.186. The molecule has 0 N–H and O–H groups in total. The van der Waals surface area contributed by atoms with Crippen LogP contribution in [0.3, 0.4) is 0 Å². The summed E-state index contributed by atoms with van der Waals surface area (Å²) in [5, 5.41) is 0. The van der Waals surface area contributed by atoms with E-state index in [1.807, 2.05) is 13.8 Å². The molecule has 0 unspecified atom stereocenters. The summed E-state index contributed by atoms with van der Waals surface area (Å²) >= 11 is 0. The van der Waals surface area contributed by atoms with Crippen LogP contribution < -0.4 is 0 Å². The number of rotatable bonds is 2. The van der Waals surface area contributed by atoms with Crippen LogP contribution in [0.25, 0.3) is 0 Å². The maximum Gasteiger partial charge on any atom is 0.260 e. The van der Waals surface area contributed by atoms with Gasteiger partial charge in [0.2, 0.25) is 0 Å². The van der Waals surface area contributed by atoms with E-state index < -0.39 is 0 Å². The van der Waals surface area contributed by atoms with Crippen LogP contribution in [0.15, 0.2) is 23.3 Å². The highest BCUT2D eigenvalue weighted by Crippen LogP contribution is 2.14. The molecule has 0 saturated carbocycles. The number of allylic oxidation sites excluding steroid dienone is 1. The van der Waals surface area contributed by atoms with Gasteiger partial charge in [-0.15, -0.1) is 0 Å². The molecule has 0 aromatic carbocycles. The molecule has 13 heavy (non-hydrogen) atoms. The van der Waals surface area contributed by atoms with Gasteiger partial charge in [-0.25, -0.2) is 0 Å². The van der Waals surface area contributed by atoms with Crippen LogP contribution in [0.1, 0.15) is 20.8 Å². The van der Waals surface area contributed by atoms with Gasteiger partial charge in [-0.3, -0.25) is 14.5 Å². The molecule has 2 amide bonds. The van der Waals surface area contributed by atoms with Crippen molar-refractivity contribution in [2.45, 2.75) is 20.8 Å². The smallest absolute Gasteiger partial charge is 0.260 e. The number of hydrogen-bond acceptors (Lipinski definition) is 2. The Morgan fingerprint density at radius 3 is 2.46 bits per heavy atom. The molecule has 0 aliphatic carbocycles. The van der Waals surface area contributed by atoms with E-state index >= 15 is 0 Å².